The van der Waals surface area contributed by atoms with Crippen molar-refractivity contribution in [1.29, 1.82) is 0 Å². The van der Waals surface area contributed by atoms with Crippen LogP contribution in [0.4, 0.5) is 8.78 Å². The van der Waals surface area contributed by atoms with Crippen LogP contribution in [0, 0.1) is 11.6 Å². The van der Waals surface area contributed by atoms with Gasteiger partial charge in [0.25, 0.3) is 0 Å². The highest BCUT2D eigenvalue weighted by atomic mass is 32.1. The average molecular weight is 269 g/mol. The second kappa shape index (κ2) is 5.97. The Labute approximate surface area is 108 Å². The van der Waals surface area contributed by atoms with Crippen molar-refractivity contribution in [2.24, 2.45) is 0 Å². The zero-order valence-electron chi connectivity index (χ0n) is 9.91. The molecule has 0 amide bonds. The maximum atomic E-state index is 13.5. The van der Waals surface area contributed by atoms with E-state index in [-0.39, 0.29) is 0 Å². The normalized spacial score (nSPS) is 10.8. The first kappa shape index (κ1) is 13.0. The molecule has 0 aliphatic heterocycles. The number of likely N-dealkylation sites (N-methyl/N-ethyl adjacent to an activating group) is 1. The second-order valence-electron chi connectivity index (χ2n) is 3.73. The van der Waals surface area contributed by atoms with Crippen molar-refractivity contribution in [1.82, 2.24) is 15.5 Å². The van der Waals surface area contributed by atoms with Gasteiger partial charge in [-0.2, -0.15) is 0 Å². The molecular formula is C12H13F2N3S. The van der Waals surface area contributed by atoms with Crippen molar-refractivity contribution in [3.63, 3.8) is 0 Å². The molecule has 0 aliphatic carbocycles. The molecule has 0 saturated heterocycles. The number of halogens is 2. The van der Waals surface area contributed by atoms with E-state index in [1.54, 1.807) is 0 Å². The third-order valence-corrected chi connectivity index (χ3v) is 3.41. The van der Waals surface area contributed by atoms with Crippen LogP contribution in [-0.2, 0) is 6.42 Å². The first-order valence-corrected chi connectivity index (χ1v) is 6.51. The Balaban J connectivity index is 2.13. The van der Waals surface area contributed by atoms with E-state index in [0.29, 0.717) is 10.6 Å². The fourth-order valence-electron chi connectivity index (χ4n) is 1.50. The molecular weight excluding hydrogens is 256 g/mol. The lowest BCUT2D eigenvalue weighted by atomic mass is 10.2. The topological polar surface area (TPSA) is 37.8 Å². The SMILES string of the molecule is CCNCCc1nnc(-c2ccc(F)cc2F)s1. The van der Waals surface area contributed by atoms with Gasteiger partial charge in [-0.15, -0.1) is 10.2 Å². The molecule has 0 atom stereocenters. The van der Waals surface area contributed by atoms with Crippen LogP contribution >= 0.6 is 11.3 Å². The number of aromatic nitrogens is 2. The van der Waals surface area contributed by atoms with E-state index in [9.17, 15) is 8.78 Å². The Morgan fingerprint density at radius 2 is 2.11 bits per heavy atom. The average Bonchev–Trinajstić information content (AvgIpc) is 2.78. The van der Waals surface area contributed by atoms with Gasteiger partial charge in [0.1, 0.15) is 16.6 Å². The quantitative estimate of drug-likeness (QED) is 0.848. The summed E-state index contributed by atoms with van der Waals surface area (Å²) in [5, 5.41) is 12.4. The summed E-state index contributed by atoms with van der Waals surface area (Å²) in [4.78, 5) is 0. The monoisotopic (exact) mass is 269 g/mol. The van der Waals surface area contributed by atoms with Crippen LogP contribution < -0.4 is 5.32 Å². The van der Waals surface area contributed by atoms with Crippen molar-refractivity contribution < 1.29 is 8.78 Å². The highest BCUT2D eigenvalue weighted by molar-refractivity contribution is 7.14. The second-order valence-corrected chi connectivity index (χ2v) is 4.79. The standard InChI is InChI=1S/C12H13F2N3S/c1-2-15-6-5-11-16-17-12(18-11)9-4-3-8(13)7-10(9)14/h3-4,7,15H,2,5-6H2,1H3. The van der Waals surface area contributed by atoms with Crippen LogP contribution in [0.25, 0.3) is 10.6 Å². The summed E-state index contributed by atoms with van der Waals surface area (Å²) in [5.41, 5.74) is 0.295. The summed E-state index contributed by atoms with van der Waals surface area (Å²) in [6.07, 6.45) is 0.758. The molecule has 0 unspecified atom stereocenters. The first-order valence-electron chi connectivity index (χ1n) is 5.69. The van der Waals surface area contributed by atoms with Crippen molar-refractivity contribution in [3.05, 3.63) is 34.8 Å². The van der Waals surface area contributed by atoms with E-state index in [0.717, 1.165) is 30.6 Å². The molecule has 96 valence electrons. The summed E-state index contributed by atoms with van der Waals surface area (Å²) in [6, 6.07) is 3.46. The van der Waals surface area contributed by atoms with Gasteiger partial charge < -0.3 is 5.32 Å². The molecule has 2 rings (SSSR count). The van der Waals surface area contributed by atoms with Crippen LogP contribution in [0.2, 0.25) is 0 Å². The fraction of sp³-hybridized carbons (Fsp3) is 0.333. The van der Waals surface area contributed by atoms with E-state index in [4.69, 9.17) is 0 Å². The summed E-state index contributed by atoms with van der Waals surface area (Å²) in [7, 11) is 0. The van der Waals surface area contributed by atoms with Gasteiger partial charge in [-0.3, -0.25) is 0 Å². The molecule has 1 aromatic carbocycles. The number of rotatable bonds is 5. The highest BCUT2D eigenvalue weighted by Crippen LogP contribution is 2.26. The molecule has 1 heterocycles. The van der Waals surface area contributed by atoms with Crippen LogP contribution in [-0.4, -0.2) is 23.3 Å². The molecule has 1 aromatic heterocycles. The molecule has 18 heavy (non-hydrogen) atoms. The third kappa shape index (κ3) is 3.08. The highest BCUT2D eigenvalue weighted by Gasteiger charge is 2.11. The number of nitrogens with one attached hydrogen (secondary N) is 1. The number of benzene rings is 1. The lowest BCUT2D eigenvalue weighted by molar-refractivity contribution is 0.585. The third-order valence-electron chi connectivity index (χ3n) is 2.39. The Hall–Kier alpha value is -1.40. The van der Waals surface area contributed by atoms with Gasteiger partial charge >= 0.3 is 0 Å². The minimum atomic E-state index is -0.607. The maximum Gasteiger partial charge on any atom is 0.150 e. The molecule has 3 nitrogen and oxygen atoms in total. The molecule has 2 aromatic rings. The lowest BCUT2D eigenvalue weighted by Crippen LogP contribution is -2.15. The Morgan fingerprint density at radius 1 is 1.28 bits per heavy atom. The number of hydrogen-bond acceptors (Lipinski definition) is 4. The van der Waals surface area contributed by atoms with Gasteiger partial charge in [-0.05, 0) is 18.7 Å². The molecule has 6 heteroatoms. The Bertz CT molecular complexity index is 528. The smallest absolute Gasteiger partial charge is 0.150 e. The van der Waals surface area contributed by atoms with Crippen LogP contribution in [0.5, 0.6) is 0 Å². The molecule has 0 radical (unpaired) electrons. The zero-order chi connectivity index (χ0) is 13.0. The molecule has 0 spiro atoms. The summed E-state index contributed by atoms with van der Waals surface area (Å²) in [5.74, 6) is -1.20. The van der Waals surface area contributed by atoms with Crippen molar-refractivity contribution in [2.45, 2.75) is 13.3 Å². The van der Waals surface area contributed by atoms with Gasteiger partial charge in [-0.1, -0.05) is 18.3 Å². The van der Waals surface area contributed by atoms with Gasteiger partial charge in [0.2, 0.25) is 0 Å². The minimum Gasteiger partial charge on any atom is -0.317 e. The van der Waals surface area contributed by atoms with E-state index in [1.165, 1.54) is 23.5 Å². The summed E-state index contributed by atoms with van der Waals surface area (Å²) >= 11 is 1.33. The first-order chi connectivity index (χ1) is 8.70. The van der Waals surface area contributed by atoms with E-state index in [2.05, 4.69) is 15.5 Å². The van der Waals surface area contributed by atoms with Gasteiger partial charge in [0.15, 0.2) is 5.01 Å². The number of nitrogens with zero attached hydrogens (tertiary/aromatic N) is 2. The molecule has 0 saturated carbocycles. The van der Waals surface area contributed by atoms with Gasteiger partial charge in [0, 0.05) is 24.6 Å². The van der Waals surface area contributed by atoms with Crippen molar-refractivity contribution in [3.8, 4) is 10.6 Å². The van der Waals surface area contributed by atoms with Gasteiger partial charge in [-0.25, -0.2) is 8.78 Å². The van der Waals surface area contributed by atoms with Crippen LogP contribution in [0.1, 0.15) is 11.9 Å². The van der Waals surface area contributed by atoms with E-state index in [1.807, 2.05) is 6.92 Å². The molecule has 0 fully saturated rings. The fourth-order valence-corrected chi connectivity index (χ4v) is 2.36. The molecule has 0 bridgehead atoms. The van der Waals surface area contributed by atoms with E-state index < -0.39 is 11.6 Å². The van der Waals surface area contributed by atoms with Gasteiger partial charge in [0.05, 0.1) is 0 Å². The molecule has 0 aliphatic rings. The Kier molecular flexibility index (Phi) is 4.33. The molecule has 1 N–H and O–H groups in total. The predicted octanol–water partition coefficient (Wildman–Crippen LogP) is 2.64. The van der Waals surface area contributed by atoms with Crippen LogP contribution in [0.3, 0.4) is 0 Å². The van der Waals surface area contributed by atoms with Crippen LogP contribution in [0.15, 0.2) is 18.2 Å². The maximum absolute atomic E-state index is 13.5. The summed E-state index contributed by atoms with van der Waals surface area (Å²) < 4.78 is 26.3. The zero-order valence-corrected chi connectivity index (χ0v) is 10.7. The van der Waals surface area contributed by atoms with Crippen molar-refractivity contribution >= 4 is 11.3 Å². The summed E-state index contributed by atoms with van der Waals surface area (Å²) in [6.45, 7) is 3.74. The minimum absolute atomic E-state index is 0.295. The Morgan fingerprint density at radius 3 is 2.83 bits per heavy atom. The predicted molar refractivity (Wildman–Crippen MR) is 67.5 cm³/mol. The van der Waals surface area contributed by atoms with Crippen molar-refractivity contribution in [2.75, 3.05) is 13.1 Å². The van der Waals surface area contributed by atoms with E-state index >= 15 is 0 Å². The largest absolute Gasteiger partial charge is 0.317 e. The number of hydrogen-bond donors (Lipinski definition) is 1. The lowest BCUT2D eigenvalue weighted by Gasteiger charge is -1.98.